The summed E-state index contributed by atoms with van der Waals surface area (Å²) in [7, 11) is 0. The van der Waals surface area contributed by atoms with Crippen molar-refractivity contribution in [2.45, 2.75) is 20.3 Å². The van der Waals surface area contributed by atoms with Crippen LogP contribution in [0.2, 0.25) is 0 Å². The zero-order chi connectivity index (χ0) is 14.5. The van der Waals surface area contributed by atoms with Gasteiger partial charge < -0.3 is 14.4 Å². The maximum atomic E-state index is 12.0. The van der Waals surface area contributed by atoms with Gasteiger partial charge in [0, 0.05) is 18.7 Å². The van der Waals surface area contributed by atoms with Gasteiger partial charge in [-0.15, -0.1) is 0 Å². The van der Waals surface area contributed by atoms with E-state index in [1.807, 2.05) is 31.2 Å². The summed E-state index contributed by atoms with van der Waals surface area (Å²) in [6.07, 6.45) is 0.214. The second-order valence-electron chi connectivity index (χ2n) is 4.58. The van der Waals surface area contributed by atoms with Crippen LogP contribution in [0.3, 0.4) is 0 Å². The molecule has 0 radical (unpaired) electrons. The predicted octanol–water partition coefficient (Wildman–Crippen LogP) is 2.00. The number of benzene rings is 1. The first kappa shape index (κ1) is 14.4. The molecule has 0 N–H and O–H groups in total. The molecule has 0 aromatic heterocycles. The lowest BCUT2D eigenvalue weighted by Gasteiger charge is -2.17. The Morgan fingerprint density at radius 3 is 2.55 bits per heavy atom. The number of hydrogen-bond donors (Lipinski definition) is 0. The van der Waals surface area contributed by atoms with Crippen molar-refractivity contribution in [3.05, 3.63) is 24.3 Å². The van der Waals surface area contributed by atoms with Crippen molar-refractivity contribution in [3.8, 4) is 5.75 Å². The number of amides is 1. The zero-order valence-electron chi connectivity index (χ0n) is 11.8. The van der Waals surface area contributed by atoms with Gasteiger partial charge in [0.15, 0.2) is 0 Å². The van der Waals surface area contributed by atoms with Crippen LogP contribution in [0.15, 0.2) is 24.3 Å². The second kappa shape index (κ2) is 6.41. The van der Waals surface area contributed by atoms with Crippen molar-refractivity contribution in [2.75, 3.05) is 24.7 Å². The number of carbonyl (C=O) groups is 2. The standard InChI is InChI=1S/C15H19NO4/c1-3-19-13-7-5-12(6-8-13)16-10-11(9-14(16)17)15(18)20-4-2/h5-8,11H,3-4,9-10H2,1-2H3. The first-order chi connectivity index (χ1) is 9.65. The number of rotatable bonds is 5. The fourth-order valence-electron chi connectivity index (χ4n) is 2.26. The van der Waals surface area contributed by atoms with Gasteiger partial charge in [-0.3, -0.25) is 9.59 Å². The van der Waals surface area contributed by atoms with Crippen LogP contribution in [0.25, 0.3) is 0 Å². The van der Waals surface area contributed by atoms with Gasteiger partial charge >= 0.3 is 5.97 Å². The van der Waals surface area contributed by atoms with E-state index >= 15 is 0 Å². The van der Waals surface area contributed by atoms with Crippen molar-refractivity contribution in [1.29, 1.82) is 0 Å². The van der Waals surface area contributed by atoms with E-state index in [4.69, 9.17) is 9.47 Å². The Kier molecular flexibility index (Phi) is 4.61. The van der Waals surface area contributed by atoms with E-state index in [1.54, 1.807) is 11.8 Å². The molecule has 1 saturated heterocycles. The van der Waals surface area contributed by atoms with Crippen molar-refractivity contribution in [3.63, 3.8) is 0 Å². The van der Waals surface area contributed by atoms with E-state index in [0.717, 1.165) is 11.4 Å². The molecule has 5 nitrogen and oxygen atoms in total. The van der Waals surface area contributed by atoms with Crippen LogP contribution in [-0.4, -0.2) is 31.6 Å². The highest BCUT2D eigenvalue weighted by Crippen LogP contribution is 2.27. The molecule has 0 saturated carbocycles. The summed E-state index contributed by atoms with van der Waals surface area (Å²) in [5, 5.41) is 0. The van der Waals surface area contributed by atoms with Crippen LogP contribution < -0.4 is 9.64 Å². The number of esters is 1. The maximum Gasteiger partial charge on any atom is 0.311 e. The lowest BCUT2D eigenvalue weighted by Crippen LogP contribution is -2.26. The van der Waals surface area contributed by atoms with Crippen LogP contribution >= 0.6 is 0 Å². The highest BCUT2D eigenvalue weighted by molar-refractivity contribution is 5.99. The average molecular weight is 277 g/mol. The molecular weight excluding hydrogens is 258 g/mol. The smallest absolute Gasteiger partial charge is 0.311 e. The number of hydrogen-bond acceptors (Lipinski definition) is 4. The van der Waals surface area contributed by atoms with Crippen molar-refractivity contribution in [2.24, 2.45) is 5.92 Å². The van der Waals surface area contributed by atoms with E-state index < -0.39 is 0 Å². The van der Waals surface area contributed by atoms with E-state index in [-0.39, 0.29) is 24.2 Å². The topological polar surface area (TPSA) is 55.8 Å². The molecule has 1 fully saturated rings. The lowest BCUT2D eigenvalue weighted by atomic mass is 10.1. The van der Waals surface area contributed by atoms with Crippen LogP contribution in [0.5, 0.6) is 5.75 Å². The molecule has 0 aliphatic carbocycles. The van der Waals surface area contributed by atoms with E-state index in [1.165, 1.54) is 0 Å². The molecule has 1 amide bonds. The average Bonchev–Trinajstić information content (AvgIpc) is 2.83. The monoisotopic (exact) mass is 277 g/mol. The molecule has 108 valence electrons. The largest absolute Gasteiger partial charge is 0.494 e. The molecule has 1 aromatic rings. The Labute approximate surface area is 118 Å². The molecular formula is C15H19NO4. The van der Waals surface area contributed by atoms with Crippen LogP contribution in [-0.2, 0) is 14.3 Å². The van der Waals surface area contributed by atoms with Crippen molar-refractivity contribution in [1.82, 2.24) is 0 Å². The highest BCUT2D eigenvalue weighted by atomic mass is 16.5. The van der Waals surface area contributed by atoms with Gasteiger partial charge in [-0.25, -0.2) is 0 Å². The van der Waals surface area contributed by atoms with E-state index in [2.05, 4.69) is 0 Å². The first-order valence-corrected chi connectivity index (χ1v) is 6.85. The van der Waals surface area contributed by atoms with Gasteiger partial charge in [-0.1, -0.05) is 0 Å². The van der Waals surface area contributed by atoms with Gasteiger partial charge in [0.2, 0.25) is 5.91 Å². The van der Waals surface area contributed by atoms with Gasteiger partial charge in [0.25, 0.3) is 0 Å². The molecule has 1 atom stereocenters. The highest BCUT2D eigenvalue weighted by Gasteiger charge is 2.35. The Balaban J connectivity index is 2.05. The summed E-state index contributed by atoms with van der Waals surface area (Å²) in [4.78, 5) is 25.3. The maximum absolute atomic E-state index is 12.0. The van der Waals surface area contributed by atoms with Crippen molar-refractivity contribution >= 4 is 17.6 Å². The van der Waals surface area contributed by atoms with Gasteiger partial charge in [0.1, 0.15) is 5.75 Å². The number of anilines is 1. The molecule has 1 aromatic carbocycles. The first-order valence-electron chi connectivity index (χ1n) is 6.85. The van der Waals surface area contributed by atoms with Crippen LogP contribution in [0.1, 0.15) is 20.3 Å². The molecule has 1 heterocycles. The molecule has 2 rings (SSSR count). The number of nitrogens with zero attached hydrogens (tertiary/aromatic N) is 1. The lowest BCUT2D eigenvalue weighted by molar-refractivity contribution is -0.147. The fraction of sp³-hybridized carbons (Fsp3) is 0.467. The number of ether oxygens (including phenoxy) is 2. The fourth-order valence-corrected chi connectivity index (χ4v) is 2.26. The molecule has 0 spiro atoms. The third-order valence-electron chi connectivity index (χ3n) is 3.20. The van der Waals surface area contributed by atoms with Crippen LogP contribution in [0, 0.1) is 5.92 Å². The normalized spacial score (nSPS) is 18.2. The van der Waals surface area contributed by atoms with Crippen molar-refractivity contribution < 1.29 is 19.1 Å². The Morgan fingerprint density at radius 1 is 1.25 bits per heavy atom. The third-order valence-corrected chi connectivity index (χ3v) is 3.20. The summed E-state index contributed by atoms with van der Waals surface area (Å²) < 4.78 is 10.3. The Bertz CT molecular complexity index is 483. The molecule has 5 heteroatoms. The van der Waals surface area contributed by atoms with Gasteiger partial charge in [0.05, 0.1) is 19.1 Å². The zero-order valence-corrected chi connectivity index (χ0v) is 11.8. The summed E-state index contributed by atoms with van der Waals surface area (Å²) >= 11 is 0. The SMILES string of the molecule is CCOC(=O)C1CC(=O)N(c2ccc(OCC)cc2)C1. The Hall–Kier alpha value is -2.04. The Morgan fingerprint density at radius 2 is 1.95 bits per heavy atom. The minimum absolute atomic E-state index is 0.0489. The molecule has 1 unspecified atom stereocenters. The molecule has 20 heavy (non-hydrogen) atoms. The minimum atomic E-state index is -0.367. The third kappa shape index (κ3) is 3.10. The summed E-state index contributed by atoms with van der Waals surface area (Å²) in [6, 6.07) is 7.31. The molecule has 1 aliphatic rings. The molecule has 0 bridgehead atoms. The van der Waals surface area contributed by atoms with E-state index in [0.29, 0.717) is 19.8 Å². The second-order valence-corrected chi connectivity index (χ2v) is 4.58. The minimum Gasteiger partial charge on any atom is -0.494 e. The summed E-state index contributed by atoms with van der Waals surface area (Å²) in [5.74, 6) is 0.0559. The summed E-state index contributed by atoms with van der Waals surface area (Å²) in [5.41, 5.74) is 0.783. The van der Waals surface area contributed by atoms with Gasteiger partial charge in [-0.2, -0.15) is 0 Å². The van der Waals surface area contributed by atoms with Crippen LogP contribution in [0.4, 0.5) is 5.69 Å². The van der Waals surface area contributed by atoms with Gasteiger partial charge in [-0.05, 0) is 38.1 Å². The quantitative estimate of drug-likeness (QED) is 0.772. The summed E-state index contributed by atoms with van der Waals surface area (Å²) in [6.45, 7) is 5.01. The molecule has 1 aliphatic heterocycles. The number of carbonyl (C=O) groups excluding carboxylic acids is 2. The predicted molar refractivity (Wildman–Crippen MR) is 74.7 cm³/mol. The van der Waals surface area contributed by atoms with E-state index in [9.17, 15) is 9.59 Å².